The van der Waals surface area contributed by atoms with Crippen molar-refractivity contribution in [3.05, 3.63) is 0 Å². The van der Waals surface area contributed by atoms with Crippen molar-refractivity contribution in [2.24, 2.45) is 11.7 Å². The summed E-state index contributed by atoms with van der Waals surface area (Å²) in [6, 6.07) is 0.201. The highest BCUT2D eigenvalue weighted by Crippen LogP contribution is 2.13. The maximum atomic E-state index is 11.7. The Morgan fingerprint density at radius 2 is 2.16 bits per heavy atom. The van der Waals surface area contributed by atoms with E-state index in [-0.39, 0.29) is 18.2 Å². The van der Waals surface area contributed by atoms with Crippen molar-refractivity contribution in [1.82, 2.24) is 9.80 Å². The number of nitrogens with two attached hydrogens (primary N) is 1. The van der Waals surface area contributed by atoms with Gasteiger partial charge in [-0.25, -0.2) is 4.79 Å². The average molecular weight is 271 g/mol. The highest BCUT2D eigenvalue weighted by atomic mass is 16.6. The molecule has 0 bridgehead atoms. The molecule has 1 aliphatic heterocycles. The Morgan fingerprint density at radius 3 is 2.74 bits per heavy atom. The van der Waals surface area contributed by atoms with Crippen molar-refractivity contribution < 1.29 is 9.53 Å². The molecule has 1 fully saturated rings. The Balaban J connectivity index is 2.27. The molecular formula is C14H29N3O2. The van der Waals surface area contributed by atoms with Crippen LogP contribution in [0, 0.1) is 5.92 Å². The lowest BCUT2D eigenvalue weighted by Gasteiger charge is -2.21. The van der Waals surface area contributed by atoms with Crippen LogP contribution in [0.15, 0.2) is 0 Å². The van der Waals surface area contributed by atoms with E-state index in [0.29, 0.717) is 12.5 Å². The molecule has 1 aliphatic rings. The first kappa shape index (κ1) is 16.2. The van der Waals surface area contributed by atoms with Gasteiger partial charge < -0.3 is 20.3 Å². The highest BCUT2D eigenvalue weighted by molar-refractivity contribution is 5.69. The molecule has 0 aromatic rings. The van der Waals surface area contributed by atoms with Crippen molar-refractivity contribution in [3.8, 4) is 0 Å². The van der Waals surface area contributed by atoms with E-state index >= 15 is 0 Å². The van der Waals surface area contributed by atoms with Crippen LogP contribution in [0.5, 0.6) is 0 Å². The molecule has 2 N–H and O–H groups in total. The number of carbonyl (C=O) groups is 1. The van der Waals surface area contributed by atoms with Crippen LogP contribution in [-0.4, -0.2) is 61.3 Å². The largest absolute Gasteiger partial charge is 0.443 e. The molecule has 0 aliphatic carbocycles. The van der Waals surface area contributed by atoms with Crippen LogP contribution in [0.1, 0.15) is 33.6 Å². The van der Waals surface area contributed by atoms with Gasteiger partial charge >= 0.3 is 6.09 Å². The molecule has 1 saturated heterocycles. The smallest absolute Gasteiger partial charge is 0.410 e. The van der Waals surface area contributed by atoms with Crippen LogP contribution in [-0.2, 0) is 4.74 Å². The minimum atomic E-state index is -0.173. The van der Waals surface area contributed by atoms with Gasteiger partial charge in [0.2, 0.25) is 0 Å². The fourth-order valence-electron chi connectivity index (χ4n) is 2.50. The van der Waals surface area contributed by atoms with E-state index in [1.807, 2.05) is 6.92 Å². The lowest BCUT2D eigenvalue weighted by molar-refractivity contribution is 0.110. The fraction of sp³-hybridized carbons (Fsp3) is 0.929. The molecule has 0 spiro atoms. The molecule has 19 heavy (non-hydrogen) atoms. The second-order valence-corrected chi connectivity index (χ2v) is 6.19. The lowest BCUT2D eigenvalue weighted by Crippen LogP contribution is -2.34. The summed E-state index contributed by atoms with van der Waals surface area (Å²) in [5, 5.41) is 0. The van der Waals surface area contributed by atoms with Crippen LogP contribution >= 0.6 is 0 Å². The van der Waals surface area contributed by atoms with Crippen molar-refractivity contribution in [2.45, 2.75) is 45.8 Å². The molecule has 0 radical (unpaired) electrons. The Morgan fingerprint density at radius 1 is 1.47 bits per heavy atom. The van der Waals surface area contributed by atoms with Gasteiger partial charge in [0.15, 0.2) is 0 Å². The summed E-state index contributed by atoms with van der Waals surface area (Å²) in [5.41, 5.74) is 5.71. The molecule has 0 saturated carbocycles. The van der Waals surface area contributed by atoms with Crippen LogP contribution in [0.4, 0.5) is 4.79 Å². The maximum absolute atomic E-state index is 11.7. The number of hydrogen-bond acceptors (Lipinski definition) is 4. The van der Waals surface area contributed by atoms with Crippen molar-refractivity contribution in [2.75, 3.05) is 33.2 Å². The summed E-state index contributed by atoms with van der Waals surface area (Å²) in [4.78, 5) is 15.8. The van der Waals surface area contributed by atoms with Gasteiger partial charge in [-0.15, -0.1) is 0 Å². The number of hydrogen-bond donors (Lipinski definition) is 1. The zero-order valence-electron chi connectivity index (χ0n) is 12.8. The first-order valence-corrected chi connectivity index (χ1v) is 7.28. The normalized spacial score (nSPS) is 21.3. The summed E-state index contributed by atoms with van der Waals surface area (Å²) in [6.45, 7) is 9.68. The van der Waals surface area contributed by atoms with Crippen LogP contribution in [0.3, 0.4) is 0 Å². The van der Waals surface area contributed by atoms with E-state index in [0.717, 1.165) is 32.5 Å². The van der Waals surface area contributed by atoms with Gasteiger partial charge in [0.1, 0.15) is 6.10 Å². The van der Waals surface area contributed by atoms with Crippen molar-refractivity contribution >= 4 is 6.09 Å². The number of carbonyl (C=O) groups excluding carboxylic acids is 1. The molecule has 1 rings (SSSR count). The Kier molecular flexibility index (Phi) is 6.58. The molecule has 2 atom stereocenters. The molecule has 1 amide bonds. The summed E-state index contributed by atoms with van der Waals surface area (Å²) in [7, 11) is 2.08. The predicted octanol–water partition coefficient (Wildman–Crippen LogP) is 1.52. The molecule has 0 aromatic carbocycles. The van der Waals surface area contributed by atoms with Gasteiger partial charge in [-0.1, -0.05) is 13.8 Å². The first-order valence-electron chi connectivity index (χ1n) is 7.28. The van der Waals surface area contributed by atoms with Gasteiger partial charge in [0, 0.05) is 25.7 Å². The van der Waals surface area contributed by atoms with Gasteiger partial charge in [-0.05, 0) is 32.7 Å². The highest BCUT2D eigenvalue weighted by Gasteiger charge is 2.31. The van der Waals surface area contributed by atoms with E-state index in [1.165, 1.54) is 0 Å². The van der Waals surface area contributed by atoms with Gasteiger partial charge in [0.05, 0.1) is 6.54 Å². The summed E-state index contributed by atoms with van der Waals surface area (Å²) in [6.07, 6.45) is 1.72. The second kappa shape index (κ2) is 7.70. The molecule has 5 heteroatoms. The molecular weight excluding hydrogens is 242 g/mol. The Hall–Kier alpha value is -0.810. The molecule has 1 unspecified atom stereocenters. The average Bonchev–Trinajstić information content (AvgIpc) is 2.57. The van der Waals surface area contributed by atoms with E-state index < -0.39 is 0 Å². The SMILES string of the molecule is CC(C)CN(C)C[C@H]1CN(CCCC(C)N)C(=O)O1. The summed E-state index contributed by atoms with van der Waals surface area (Å²) in [5.74, 6) is 0.629. The van der Waals surface area contributed by atoms with Crippen LogP contribution in [0.2, 0.25) is 0 Å². The van der Waals surface area contributed by atoms with Gasteiger partial charge in [-0.3, -0.25) is 0 Å². The maximum Gasteiger partial charge on any atom is 0.410 e. The number of ether oxygens (including phenoxy) is 1. The third-order valence-electron chi connectivity index (χ3n) is 3.23. The minimum Gasteiger partial charge on any atom is -0.443 e. The summed E-state index contributed by atoms with van der Waals surface area (Å²) < 4.78 is 5.40. The molecule has 1 heterocycles. The number of amides is 1. The van der Waals surface area contributed by atoms with E-state index in [9.17, 15) is 4.79 Å². The topological polar surface area (TPSA) is 58.8 Å². The van der Waals surface area contributed by atoms with E-state index in [1.54, 1.807) is 4.90 Å². The van der Waals surface area contributed by atoms with Crippen LogP contribution in [0.25, 0.3) is 0 Å². The Labute approximate surface area is 117 Å². The number of likely N-dealkylation sites (N-methyl/N-ethyl adjacent to an activating group) is 1. The Bertz CT molecular complexity index is 282. The number of nitrogens with zero attached hydrogens (tertiary/aromatic N) is 2. The quantitative estimate of drug-likeness (QED) is 0.727. The van der Waals surface area contributed by atoms with Crippen molar-refractivity contribution in [1.29, 1.82) is 0 Å². The second-order valence-electron chi connectivity index (χ2n) is 6.19. The third kappa shape index (κ3) is 6.25. The molecule has 0 aromatic heterocycles. The van der Waals surface area contributed by atoms with Gasteiger partial charge in [-0.2, -0.15) is 0 Å². The zero-order chi connectivity index (χ0) is 14.4. The van der Waals surface area contributed by atoms with Crippen molar-refractivity contribution in [3.63, 3.8) is 0 Å². The van der Waals surface area contributed by atoms with E-state index in [2.05, 4.69) is 25.8 Å². The fourth-order valence-corrected chi connectivity index (χ4v) is 2.50. The minimum absolute atomic E-state index is 0.00606. The predicted molar refractivity (Wildman–Crippen MR) is 77.1 cm³/mol. The van der Waals surface area contributed by atoms with Gasteiger partial charge in [0.25, 0.3) is 0 Å². The van der Waals surface area contributed by atoms with E-state index in [4.69, 9.17) is 10.5 Å². The summed E-state index contributed by atoms with van der Waals surface area (Å²) >= 11 is 0. The zero-order valence-corrected chi connectivity index (χ0v) is 12.8. The van der Waals surface area contributed by atoms with Crippen LogP contribution < -0.4 is 5.73 Å². The first-order chi connectivity index (χ1) is 8.88. The monoisotopic (exact) mass is 271 g/mol. The lowest BCUT2D eigenvalue weighted by atomic mass is 10.2. The molecule has 5 nitrogen and oxygen atoms in total. The number of cyclic esters (lactones) is 1. The number of rotatable bonds is 8. The molecule has 112 valence electrons. The standard InChI is InChI=1S/C14H29N3O2/c1-11(2)8-16(4)9-13-10-17(14(18)19-13)7-5-6-12(3)15/h11-13H,5-10,15H2,1-4H3/t12?,13-/m0/s1. The third-order valence-corrected chi connectivity index (χ3v) is 3.23.